The number of nitrogens with one attached hydrogen (secondary N) is 1. The van der Waals surface area contributed by atoms with E-state index >= 15 is 0 Å². The number of fused-ring (bicyclic) bond motifs is 1. The van der Waals surface area contributed by atoms with Crippen LogP contribution in [0.2, 0.25) is 0 Å². The summed E-state index contributed by atoms with van der Waals surface area (Å²) >= 11 is 4.20. The molecule has 0 radical (unpaired) electrons. The highest BCUT2D eigenvalue weighted by molar-refractivity contribution is 8.00. The third-order valence-electron chi connectivity index (χ3n) is 4.71. The smallest absolute Gasteiger partial charge is 0.263 e. The molecule has 1 N–H and O–H groups in total. The van der Waals surface area contributed by atoms with Gasteiger partial charge in [-0.2, -0.15) is 5.26 Å². The molecule has 0 aliphatic rings. The lowest BCUT2D eigenvalue weighted by Gasteiger charge is -2.15. The number of nitrogens with zero attached hydrogens (tertiary/aromatic N) is 3. The summed E-state index contributed by atoms with van der Waals surface area (Å²) in [6, 6.07) is 12.8. The van der Waals surface area contributed by atoms with Crippen LogP contribution in [-0.4, -0.2) is 20.7 Å². The molecule has 1 aromatic carbocycles. The van der Waals surface area contributed by atoms with Gasteiger partial charge in [0.15, 0.2) is 5.16 Å². The van der Waals surface area contributed by atoms with Crippen molar-refractivity contribution >= 4 is 56.2 Å². The van der Waals surface area contributed by atoms with Crippen molar-refractivity contribution < 1.29 is 4.79 Å². The molecule has 32 heavy (non-hydrogen) atoms. The summed E-state index contributed by atoms with van der Waals surface area (Å²) in [7, 11) is 0. The second-order valence-corrected chi connectivity index (χ2v) is 9.93. The first-order valence-corrected chi connectivity index (χ1v) is 12.3. The number of allylic oxidation sites excluding steroid dienone is 1. The summed E-state index contributed by atoms with van der Waals surface area (Å²) < 4.78 is 1.55. The minimum atomic E-state index is -0.543. The zero-order chi connectivity index (χ0) is 22.7. The number of anilines is 1. The van der Waals surface area contributed by atoms with Crippen LogP contribution in [-0.2, 0) is 11.3 Å². The van der Waals surface area contributed by atoms with E-state index in [1.54, 1.807) is 53.2 Å². The van der Waals surface area contributed by atoms with Crippen LogP contribution in [0.15, 0.2) is 69.8 Å². The lowest BCUT2D eigenvalue weighted by molar-refractivity contribution is -0.115. The van der Waals surface area contributed by atoms with E-state index in [9.17, 15) is 14.9 Å². The molecule has 0 aliphatic heterocycles. The Kier molecular flexibility index (Phi) is 6.55. The van der Waals surface area contributed by atoms with E-state index in [2.05, 4.69) is 18.0 Å². The third-order valence-corrected chi connectivity index (χ3v) is 7.58. The van der Waals surface area contributed by atoms with Gasteiger partial charge >= 0.3 is 0 Å². The Morgan fingerprint density at radius 1 is 1.34 bits per heavy atom. The molecule has 0 bridgehead atoms. The molecule has 0 aliphatic carbocycles. The topological polar surface area (TPSA) is 87.8 Å². The molecular formula is C23H18N4O2S3. The fourth-order valence-corrected chi connectivity index (χ4v) is 5.86. The Morgan fingerprint density at radius 3 is 2.88 bits per heavy atom. The first kappa shape index (κ1) is 22.0. The zero-order valence-electron chi connectivity index (χ0n) is 17.1. The number of rotatable bonds is 7. The SMILES string of the molecule is C=CCn1c(S[C@H](C)C(=O)Nc2ccccc2C#N)nc2scc(-c3cccs3)c2c1=O. The van der Waals surface area contributed by atoms with E-state index in [1.165, 1.54) is 23.1 Å². The Labute approximate surface area is 196 Å². The van der Waals surface area contributed by atoms with Gasteiger partial charge in [0.05, 0.1) is 21.9 Å². The molecule has 4 aromatic rings. The Bertz CT molecular complexity index is 1400. The minimum Gasteiger partial charge on any atom is -0.324 e. The summed E-state index contributed by atoms with van der Waals surface area (Å²) in [4.78, 5) is 32.5. The third kappa shape index (κ3) is 4.25. The van der Waals surface area contributed by atoms with E-state index < -0.39 is 5.25 Å². The molecular weight excluding hydrogens is 460 g/mol. The van der Waals surface area contributed by atoms with Gasteiger partial charge in [-0.25, -0.2) is 4.98 Å². The van der Waals surface area contributed by atoms with Gasteiger partial charge in [0.1, 0.15) is 10.9 Å². The van der Waals surface area contributed by atoms with E-state index in [-0.39, 0.29) is 18.0 Å². The molecule has 0 spiro atoms. The van der Waals surface area contributed by atoms with E-state index in [1.807, 2.05) is 22.9 Å². The number of thiophene rings is 2. The first-order chi connectivity index (χ1) is 15.5. The second-order valence-electron chi connectivity index (χ2n) is 6.81. The van der Waals surface area contributed by atoms with Crippen LogP contribution in [0.5, 0.6) is 0 Å². The number of hydrogen-bond acceptors (Lipinski definition) is 7. The van der Waals surface area contributed by atoms with E-state index in [0.29, 0.717) is 26.6 Å². The van der Waals surface area contributed by atoms with Crippen LogP contribution < -0.4 is 10.9 Å². The lowest BCUT2D eigenvalue weighted by Crippen LogP contribution is -2.26. The molecule has 1 amide bonds. The fraction of sp³-hybridized carbons (Fsp3) is 0.130. The number of carbonyl (C=O) groups excluding carboxylic acids is 1. The molecule has 0 fully saturated rings. The predicted octanol–water partition coefficient (Wildman–Crippen LogP) is 5.36. The van der Waals surface area contributed by atoms with Crippen LogP contribution in [0.25, 0.3) is 20.7 Å². The van der Waals surface area contributed by atoms with Crippen molar-refractivity contribution in [1.29, 1.82) is 5.26 Å². The number of hydrogen-bond donors (Lipinski definition) is 1. The highest BCUT2D eigenvalue weighted by Gasteiger charge is 2.22. The summed E-state index contributed by atoms with van der Waals surface area (Å²) in [6.07, 6.45) is 1.64. The molecule has 3 aromatic heterocycles. The van der Waals surface area contributed by atoms with Gasteiger partial charge in [-0.15, -0.1) is 29.3 Å². The molecule has 0 unspecified atom stereocenters. The summed E-state index contributed by atoms with van der Waals surface area (Å²) in [5.41, 5.74) is 1.58. The maximum absolute atomic E-state index is 13.4. The Hall–Kier alpha value is -3.19. The standard InChI is InChI=1S/C23H18N4O2S3/c1-3-10-27-22(29)19-16(18-9-6-11-30-18)13-31-21(19)26-23(27)32-14(2)20(28)25-17-8-5-4-7-15(17)12-24/h3-9,11,13-14H,1,10H2,2H3,(H,25,28)/t14-/m1/s1. The van der Waals surface area contributed by atoms with Crippen LogP contribution in [0, 0.1) is 11.3 Å². The molecule has 4 rings (SSSR count). The number of carbonyl (C=O) groups is 1. The van der Waals surface area contributed by atoms with Crippen molar-refractivity contribution in [2.24, 2.45) is 0 Å². The summed E-state index contributed by atoms with van der Waals surface area (Å²) in [5.74, 6) is -0.275. The fourth-order valence-electron chi connectivity index (χ4n) is 3.13. The van der Waals surface area contributed by atoms with Gasteiger partial charge in [-0.1, -0.05) is 36.0 Å². The monoisotopic (exact) mass is 478 g/mol. The Balaban J connectivity index is 1.67. The van der Waals surface area contributed by atoms with Crippen LogP contribution in [0.1, 0.15) is 12.5 Å². The molecule has 160 valence electrons. The molecule has 0 saturated carbocycles. The maximum atomic E-state index is 13.4. The molecule has 9 heteroatoms. The first-order valence-electron chi connectivity index (χ1n) is 9.67. The molecule has 3 heterocycles. The average molecular weight is 479 g/mol. The predicted molar refractivity (Wildman–Crippen MR) is 132 cm³/mol. The van der Waals surface area contributed by atoms with Crippen molar-refractivity contribution in [3.05, 3.63) is 75.7 Å². The van der Waals surface area contributed by atoms with Gasteiger partial charge in [0, 0.05) is 22.4 Å². The van der Waals surface area contributed by atoms with E-state index in [0.717, 1.165) is 10.4 Å². The lowest BCUT2D eigenvalue weighted by atomic mass is 10.2. The largest absolute Gasteiger partial charge is 0.324 e. The average Bonchev–Trinajstić information content (AvgIpc) is 3.46. The van der Waals surface area contributed by atoms with Gasteiger partial charge in [0.2, 0.25) is 5.91 Å². The Morgan fingerprint density at radius 2 is 2.16 bits per heavy atom. The van der Waals surface area contributed by atoms with Crippen LogP contribution in [0.3, 0.4) is 0 Å². The van der Waals surface area contributed by atoms with Crippen molar-refractivity contribution in [3.8, 4) is 16.5 Å². The normalized spacial score (nSPS) is 11.8. The van der Waals surface area contributed by atoms with E-state index in [4.69, 9.17) is 4.98 Å². The number of para-hydroxylation sites is 1. The van der Waals surface area contributed by atoms with Crippen molar-refractivity contribution in [1.82, 2.24) is 9.55 Å². The zero-order valence-corrected chi connectivity index (χ0v) is 19.5. The number of amides is 1. The van der Waals surface area contributed by atoms with Crippen molar-refractivity contribution in [2.75, 3.05) is 5.32 Å². The maximum Gasteiger partial charge on any atom is 0.263 e. The second kappa shape index (κ2) is 9.53. The summed E-state index contributed by atoms with van der Waals surface area (Å²) in [6.45, 7) is 5.80. The molecule has 0 saturated heterocycles. The molecule has 1 atom stereocenters. The highest BCUT2D eigenvalue weighted by atomic mass is 32.2. The van der Waals surface area contributed by atoms with Gasteiger partial charge in [-0.05, 0) is 30.5 Å². The highest BCUT2D eigenvalue weighted by Crippen LogP contribution is 2.35. The minimum absolute atomic E-state index is 0.149. The number of benzene rings is 1. The molecule has 6 nitrogen and oxygen atoms in total. The quantitative estimate of drug-likeness (QED) is 0.219. The number of thioether (sulfide) groups is 1. The van der Waals surface area contributed by atoms with Gasteiger partial charge < -0.3 is 5.32 Å². The van der Waals surface area contributed by atoms with Gasteiger partial charge in [0.25, 0.3) is 5.56 Å². The summed E-state index contributed by atoms with van der Waals surface area (Å²) in [5, 5.41) is 16.5. The van der Waals surface area contributed by atoms with Crippen LogP contribution >= 0.6 is 34.4 Å². The number of nitriles is 1. The van der Waals surface area contributed by atoms with Crippen molar-refractivity contribution in [3.63, 3.8) is 0 Å². The van der Waals surface area contributed by atoms with Crippen molar-refractivity contribution in [2.45, 2.75) is 23.9 Å². The van der Waals surface area contributed by atoms with Gasteiger partial charge in [-0.3, -0.25) is 14.2 Å². The number of aromatic nitrogens is 2. The van der Waals surface area contributed by atoms with Crippen LogP contribution in [0.4, 0.5) is 5.69 Å².